The van der Waals surface area contributed by atoms with Crippen molar-refractivity contribution in [3.05, 3.63) is 24.3 Å². The normalized spacial score (nSPS) is 19.4. The number of nitrogens with zero attached hydrogens (tertiary/aromatic N) is 2. The van der Waals surface area contributed by atoms with Crippen molar-refractivity contribution in [1.82, 2.24) is 4.98 Å². The Morgan fingerprint density at radius 2 is 2.25 bits per heavy atom. The smallest absolute Gasteiger partial charge is 0.303 e. The Hall–Kier alpha value is -2.04. The number of carboxylic acids is 1. The summed E-state index contributed by atoms with van der Waals surface area (Å²) in [5.41, 5.74) is 1.63. The van der Waals surface area contributed by atoms with E-state index in [9.17, 15) is 4.79 Å². The molecule has 1 unspecified atom stereocenters. The molecule has 0 bridgehead atoms. The van der Waals surface area contributed by atoms with E-state index in [4.69, 9.17) is 9.52 Å². The lowest BCUT2D eigenvalue weighted by atomic mass is 9.98. The van der Waals surface area contributed by atoms with Crippen LogP contribution in [-0.2, 0) is 4.79 Å². The van der Waals surface area contributed by atoms with Crippen molar-refractivity contribution < 1.29 is 14.3 Å². The average molecular weight is 274 g/mol. The summed E-state index contributed by atoms with van der Waals surface area (Å²) in [4.78, 5) is 17.4. The molecule has 20 heavy (non-hydrogen) atoms. The Labute approximate surface area is 117 Å². The first kappa shape index (κ1) is 13.0. The van der Waals surface area contributed by atoms with Crippen LogP contribution in [0.1, 0.15) is 32.1 Å². The molecule has 1 saturated heterocycles. The van der Waals surface area contributed by atoms with E-state index in [1.54, 1.807) is 0 Å². The number of oxazole rings is 1. The summed E-state index contributed by atoms with van der Waals surface area (Å²) >= 11 is 0. The topological polar surface area (TPSA) is 66.6 Å². The number of rotatable bonds is 4. The lowest BCUT2D eigenvalue weighted by Gasteiger charge is -2.34. The number of hydrogen-bond acceptors (Lipinski definition) is 4. The Kier molecular flexibility index (Phi) is 3.58. The minimum atomic E-state index is -0.743. The maximum absolute atomic E-state index is 10.8. The molecule has 1 fully saturated rings. The van der Waals surface area contributed by atoms with Gasteiger partial charge in [0.2, 0.25) is 0 Å². The van der Waals surface area contributed by atoms with Crippen molar-refractivity contribution in [3.8, 4) is 0 Å². The Morgan fingerprint density at radius 1 is 1.40 bits per heavy atom. The van der Waals surface area contributed by atoms with E-state index in [1.807, 2.05) is 24.3 Å². The second-order valence-electron chi connectivity index (χ2n) is 5.24. The summed E-state index contributed by atoms with van der Waals surface area (Å²) in [6, 6.07) is 8.54. The fourth-order valence-electron chi connectivity index (χ4n) is 2.83. The van der Waals surface area contributed by atoms with Gasteiger partial charge in [0.05, 0.1) is 0 Å². The highest BCUT2D eigenvalue weighted by molar-refractivity contribution is 5.74. The van der Waals surface area contributed by atoms with E-state index in [2.05, 4.69) is 9.88 Å². The molecular formula is C15H18N2O3. The van der Waals surface area contributed by atoms with E-state index in [-0.39, 0.29) is 12.5 Å². The first-order chi connectivity index (χ1) is 9.74. The molecule has 0 amide bonds. The van der Waals surface area contributed by atoms with Crippen LogP contribution < -0.4 is 4.90 Å². The minimum Gasteiger partial charge on any atom is -0.481 e. The third-order valence-corrected chi connectivity index (χ3v) is 3.85. The molecule has 0 aliphatic carbocycles. The van der Waals surface area contributed by atoms with Gasteiger partial charge < -0.3 is 14.4 Å². The molecule has 1 atom stereocenters. The third kappa shape index (κ3) is 2.61. The van der Waals surface area contributed by atoms with Gasteiger partial charge >= 0.3 is 5.97 Å². The number of carboxylic acid groups (broad SMARTS) is 1. The fraction of sp³-hybridized carbons (Fsp3) is 0.467. The van der Waals surface area contributed by atoms with Crippen molar-refractivity contribution in [2.45, 2.75) is 38.1 Å². The molecule has 0 spiro atoms. The van der Waals surface area contributed by atoms with Crippen molar-refractivity contribution >= 4 is 23.1 Å². The SMILES string of the molecule is O=C(O)CCC1CCCCN1c1nc2ccccc2o1. The molecule has 2 heterocycles. The number of hydrogen-bond donors (Lipinski definition) is 1. The maximum atomic E-state index is 10.8. The lowest BCUT2D eigenvalue weighted by Crippen LogP contribution is -2.40. The molecule has 2 aromatic rings. The first-order valence-corrected chi connectivity index (χ1v) is 7.08. The summed E-state index contributed by atoms with van der Waals surface area (Å²) < 4.78 is 5.81. The van der Waals surface area contributed by atoms with Gasteiger partial charge in [-0.15, -0.1) is 0 Å². The maximum Gasteiger partial charge on any atom is 0.303 e. The molecule has 1 aliphatic rings. The fourth-order valence-corrected chi connectivity index (χ4v) is 2.83. The summed E-state index contributed by atoms with van der Waals surface area (Å²) in [6.45, 7) is 0.886. The summed E-state index contributed by atoms with van der Waals surface area (Å²) in [5, 5.41) is 8.86. The van der Waals surface area contributed by atoms with E-state index < -0.39 is 5.97 Å². The molecule has 106 valence electrons. The number of fused-ring (bicyclic) bond motifs is 1. The molecular weight excluding hydrogens is 256 g/mol. The number of para-hydroxylation sites is 2. The molecule has 5 heteroatoms. The van der Waals surface area contributed by atoms with Crippen molar-refractivity contribution in [3.63, 3.8) is 0 Å². The molecule has 0 saturated carbocycles. The molecule has 1 aromatic heterocycles. The van der Waals surface area contributed by atoms with Gasteiger partial charge in [-0.1, -0.05) is 12.1 Å². The van der Waals surface area contributed by atoms with Crippen molar-refractivity contribution in [2.24, 2.45) is 0 Å². The van der Waals surface area contributed by atoms with E-state index >= 15 is 0 Å². The monoisotopic (exact) mass is 274 g/mol. The molecule has 1 aromatic carbocycles. The van der Waals surface area contributed by atoms with Gasteiger partial charge in [0.15, 0.2) is 5.58 Å². The largest absolute Gasteiger partial charge is 0.481 e. The first-order valence-electron chi connectivity index (χ1n) is 7.08. The van der Waals surface area contributed by atoms with E-state index in [1.165, 1.54) is 0 Å². The zero-order valence-corrected chi connectivity index (χ0v) is 11.3. The average Bonchev–Trinajstić information content (AvgIpc) is 2.89. The number of aliphatic carboxylic acids is 1. The van der Waals surface area contributed by atoms with Crippen LogP contribution in [0.2, 0.25) is 0 Å². The second-order valence-corrected chi connectivity index (χ2v) is 5.24. The second kappa shape index (κ2) is 5.53. The highest BCUT2D eigenvalue weighted by Gasteiger charge is 2.26. The number of anilines is 1. The Balaban J connectivity index is 1.83. The number of benzene rings is 1. The van der Waals surface area contributed by atoms with Gasteiger partial charge in [-0.05, 0) is 37.8 Å². The zero-order chi connectivity index (χ0) is 13.9. The van der Waals surface area contributed by atoms with Crippen LogP contribution in [0.3, 0.4) is 0 Å². The standard InChI is InChI=1S/C15H18N2O3/c18-14(19)9-8-11-5-3-4-10-17(11)15-16-12-6-1-2-7-13(12)20-15/h1-2,6-7,11H,3-5,8-10H2,(H,18,19). The van der Waals surface area contributed by atoms with E-state index in [0.29, 0.717) is 12.4 Å². The summed E-state index contributed by atoms with van der Waals surface area (Å²) in [5.74, 6) is -0.743. The lowest BCUT2D eigenvalue weighted by molar-refractivity contribution is -0.137. The van der Waals surface area contributed by atoms with Crippen molar-refractivity contribution in [1.29, 1.82) is 0 Å². The minimum absolute atomic E-state index is 0.196. The Morgan fingerprint density at radius 3 is 3.05 bits per heavy atom. The highest BCUT2D eigenvalue weighted by atomic mass is 16.4. The molecule has 1 N–H and O–H groups in total. The zero-order valence-electron chi connectivity index (χ0n) is 11.3. The predicted molar refractivity (Wildman–Crippen MR) is 75.9 cm³/mol. The van der Waals surface area contributed by atoms with E-state index in [0.717, 1.165) is 36.9 Å². The highest BCUT2D eigenvalue weighted by Crippen LogP contribution is 2.29. The number of aromatic nitrogens is 1. The number of carbonyl (C=O) groups is 1. The molecule has 5 nitrogen and oxygen atoms in total. The summed E-state index contributed by atoms with van der Waals surface area (Å²) in [6.07, 6.45) is 4.09. The van der Waals surface area contributed by atoms with Crippen LogP contribution in [0.15, 0.2) is 28.7 Å². The molecule has 3 rings (SSSR count). The third-order valence-electron chi connectivity index (χ3n) is 3.85. The van der Waals surface area contributed by atoms with Gasteiger partial charge in [0.1, 0.15) is 5.52 Å². The van der Waals surface area contributed by atoms with Crippen LogP contribution in [0.4, 0.5) is 6.01 Å². The number of piperidine rings is 1. The van der Waals surface area contributed by atoms with Gasteiger partial charge in [-0.2, -0.15) is 4.98 Å². The van der Waals surface area contributed by atoms with Gasteiger partial charge in [-0.25, -0.2) is 0 Å². The predicted octanol–water partition coefficient (Wildman–Crippen LogP) is 3.05. The van der Waals surface area contributed by atoms with Gasteiger partial charge in [0, 0.05) is 19.0 Å². The van der Waals surface area contributed by atoms with Crippen molar-refractivity contribution in [2.75, 3.05) is 11.4 Å². The van der Waals surface area contributed by atoms with Crippen LogP contribution in [0.25, 0.3) is 11.1 Å². The molecule has 1 aliphatic heterocycles. The van der Waals surface area contributed by atoms with Gasteiger partial charge in [-0.3, -0.25) is 4.79 Å². The van der Waals surface area contributed by atoms with Crippen LogP contribution in [-0.4, -0.2) is 28.6 Å². The van der Waals surface area contributed by atoms with Crippen LogP contribution in [0.5, 0.6) is 0 Å². The van der Waals surface area contributed by atoms with Crippen LogP contribution in [0, 0.1) is 0 Å². The molecule has 0 radical (unpaired) electrons. The summed E-state index contributed by atoms with van der Waals surface area (Å²) in [7, 11) is 0. The van der Waals surface area contributed by atoms with Gasteiger partial charge in [0.25, 0.3) is 6.01 Å². The quantitative estimate of drug-likeness (QED) is 0.928. The Bertz CT molecular complexity index is 575. The van der Waals surface area contributed by atoms with Crippen LogP contribution >= 0.6 is 0 Å².